The van der Waals surface area contributed by atoms with Crippen LogP contribution in [0.25, 0.3) is 0 Å². The second kappa shape index (κ2) is 6.62. The Morgan fingerprint density at radius 1 is 1.13 bits per heavy atom. The summed E-state index contributed by atoms with van der Waals surface area (Å²) in [5.74, 6) is 0.728. The molecule has 0 unspecified atom stereocenters. The molecule has 15 heavy (non-hydrogen) atoms. The van der Waals surface area contributed by atoms with Crippen molar-refractivity contribution in [1.29, 1.82) is 0 Å². The molecule has 0 aliphatic carbocycles. The lowest BCUT2D eigenvalue weighted by atomic mass is 9.89. The quantitative estimate of drug-likeness (QED) is 0.750. The van der Waals surface area contributed by atoms with Gasteiger partial charge >= 0.3 is 0 Å². The zero-order valence-electron chi connectivity index (χ0n) is 10.00. The minimum absolute atomic E-state index is 0.652. The normalized spacial score (nSPS) is 10.9. The molecule has 0 aromatic heterocycles. The summed E-state index contributed by atoms with van der Waals surface area (Å²) >= 11 is 0. The van der Waals surface area contributed by atoms with Crippen molar-refractivity contribution in [2.24, 2.45) is 5.73 Å². The average molecular weight is 205 g/mol. The van der Waals surface area contributed by atoms with Crippen molar-refractivity contribution in [3.05, 3.63) is 35.4 Å². The standard InChI is InChI=1S/C14H23N/c1-3-6-13(7-4-2)14-9-5-8-12(10-14)11-15/h5,8-10,13H,3-4,6-7,11,15H2,1-2H3. The summed E-state index contributed by atoms with van der Waals surface area (Å²) in [5.41, 5.74) is 8.39. The molecule has 0 heterocycles. The van der Waals surface area contributed by atoms with Crippen LogP contribution in [0.1, 0.15) is 56.6 Å². The van der Waals surface area contributed by atoms with Gasteiger partial charge in [0.05, 0.1) is 0 Å². The molecule has 1 aromatic carbocycles. The van der Waals surface area contributed by atoms with Crippen LogP contribution in [0.2, 0.25) is 0 Å². The highest BCUT2D eigenvalue weighted by Gasteiger charge is 2.09. The average Bonchev–Trinajstić information content (AvgIpc) is 2.29. The van der Waals surface area contributed by atoms with Crippen molar-refractivity contribution in [3.8, 4) is 0 Å². The molecule has 0 amide bonds. The van der Waals surface area contributed by atoms with Gasteiger partial charge in [0.2, 0.25) is 0 Å². The third kappa shape index (κ3) is 3.67. The summed E-state index contributed by atoms with van der Waals surface area (Å²) in [4.78, 5) is 0. The molecule has 0 fully saturated rings. The van der Waals surface area contributed by atoms with Gasteiger partial charge in [0.1, 0.15) is 0 Å². The Bertz CT molecular complexity index is 274. The van der Waals surface area contributed by atoms with Gasteiger partial charge in [-0.25, -0.2) is 0 Å². The van der Waals surface area contributed by atoms with Gasteiger partial charge in [-0.1, -0.05) is 51.0 Å². The summed E-state index contributed by atoms with van der Waals surface area (Å²) in [6, 6.07) is 8.76. The lowest BCUT2D eigenvalue weighted by Gasteiger charge is -2.16. The maximum Gasteiger partial charge on any atom is 0.0178 e. The summed E-state index contributed by atoms with van der Waals surface area (Å²) in [7, 11) is 0. The molecule has 0 aliphatic rings. The third-order valence-corrected chi connectivity index (χ3v) is 2.93. The van der Waals surface area contributed by atoms with Crippen molar-refractivity contribution in [1.82, 2.24) is 0 Å². The van der Waals surface area contributed by atoms with Crippen LogP contribution in [0, 0.1) is 0 Å². The first-order chi connectivity index (χ1) is 7.31. The van der Waals surface area contributed by atoms with E-state index in [4.69, 9.17) is 5.73 Å². The summed E-state index contributed by atoms with van der Waals surface area (Å²) in [6.07, 6.45) is 5.11. The van der Waals surface area contributed by atoms with E-state index >= 15 is 0 Å². The van der Waals surface area contributed by atoms with E-state index in [0.717, 1.165) is 5.92 Å². The van der Waals surface area contributed by atoms with Crippen molar-refractivity contribution in [3.63, 3.8) is 0 Å². The van der Waals surface area contributed by atoms with Gasteiger partial charge < -0.3 is 5.73 Å². The van der Waals surface area contributed by atoms with Gasteiger partial charge in [0.15, 0.2) is 0 Å². The van der Waals surface area contributed by atoms with Gasteiger partial charge in [0, 0.05) is 6.54 Å². The van der Waals surface area contributed by atoms with Crippen LogP contribution < -0.4 is 5.73 Å². The van der Waals surface area contributed by atoms with Crippen LogP contribution in [-0.2, 0) is 6.54 Å². The summed E-state index contributed by atoms with van der Waals surface area (Å²) in [6.45, 7) is 5.17. The predicted molar refractivity (Wildman–Crippen MR) is 66.9 cm³/mol. The van der Waals surface area contributed by atoms with Crippen molar-refractivity contribution in [2.75, 3.05) is 0 Å². The minimum atomic E-state index is 0.652. The van der Waals surface area contributed by atoms with Gasteiger partial charge in [-0.05, 0) is 29.9 Å². The SMILES string of the molecule is CCCC(CCC)c1cccc(CN)c1. The highest BCUT2D eigenvalue weighted by Crippen LogP contribution is 2.26. The third-order valence-electron chi connectivity index (χ3n) is 2.93. The van der Waals surface area contributed by atoms with E-state index < -0.39 is 0 Å². The molecule has 0 spiro atoms. The Labute approximate surface area is 93.7 Å². The molecule has 1 nitrogen and oxygen atoms in total. The number of hydrogen-bond donors (Lipinski definition) is 1. The van der Waals surface area contributed by atoms with E-state index in [2.05, 4.69) is 38.1 Å². The minimum Gasteiger partial charge on any atom is -0.326 e. The van der Waals surface area contributed by atoms with Gasteiger partial charge in [-0.15, -0.1) is 0 Å². The van der Waals surface area contributed by atoms with E-state index in [-0.39, 0.29) is 0 Å². The van der Waals surface area contributed by atoms with E-state index in [0.29, 0.717) is 6.54 Å². The Hall–Kier alpha value is -0.820. The van der Waals surface area contributed by atoms with Crippen molar-refractivity contribution < 1.29 is 0 Å². The molecule has 1 heteroatoms. The fourth-order valence-corrected chi connectivity index (χ4v) is 2.15. The fraction of sp³-hybridized carbons (Fsp3) is 0.571. The second-order valence-electron chi connectivity index (χ2n) is 4.22. The van der Waals surface area contributed by atoms with E-state index in [1.54, 1.807) is 0 Å². The van der Waals surface area contributed by atoms with Crippen LogP contribution in [0.15, 0.2) is 24.3 Å². The van der Waals surface area contributed by atoms with Crippen LogP contribution in [0.3, 0.4) is 0 Å². The largest absolute Gasteiger partial charge is 0.326 e. The first-order valence-corrected chi connectivity index (χ1v) is 6.10. The Kier molecular flexibility index (Phi) is 5.41. The molecule has 1 aromatic rings. The molecule has 84 valence electrons. The smallest absolute Gasteiger partial charge is 0.0178 e. The molecule has 1 rings (SSSR count). The number of rotatable bonds is 6. The molecule has 0 saturated heterocycles. The Morgan fingerprint density at radius 3 is 2.33 bits per heavy atom. The monoisotopic (exact) mass is 205 g/mol. The molecule has 2 N–H and O–H groups in total. The number of nitrogens with two attached hydrogens (primary N) is 1. The molecule has 0 aliphatic heterocycles. The predicted octanol–water partition coefficient (Wildman–Crippen LogP) is 3.83. The topological polar surface area (TPSA) is 26.0 Å². The highest BCUT2D eigenvalue weighted by molar-refractivity contribution is 5.26. The molecule has 0 bridgehead atoms. The highest BCUT2D eigenvalue weighted by atomic mass is 14.5. The molecular weight excluding hydrogens is 182 g/mol. The second-order valence-corrected chi connectivity index (χ2v) is 4.22. The first kappa shape index (κ1) is 12.3. The zero-order valence-corrected chi connectivity index (χ0v) is 10.00. The molecule has 0 radical (unpaired) electrons. The van der Waals surface area contributed by atoms with E-state index in [9.17, 15) is 0 Å². The Morgan fingerprint density at radius 2 is 1.80 bits per heavy atom. The van der Waals surface area contributed by atoms with Crippen LogP contribution >= 0.6 is 0 Å². The maximum atomic E-state index is 5.67. The first-order valence-electron chi connectivity index (χ1n) is 6.10. The Balaban J connectivity index is 2.79. The molecule has 0 saturated carbocycles. The molecule has 0 atom stereocenters. The zero-order chi connectivity index (χ0) is 11.1. The maximum absolute atomic E-state index is 5.67. The van der Waals surface area contributed by atoms with Gasteiger partial charge in [-0.3, -0.25) is 0 Å². The van der Waals surface area contributed by atoms with Crippen molar-refractivity contribution >= 4 is 0 Å². The molecular formula is C14H23N. The fourth-order valence-electron chi connectivity index (χ4n) is 2.15. The lowest BCUT2D eigenvalue weighted by molar-refractivity contribution is 0.560. The summed E-state index contributed by atoms with van der Waals surface area (Å²) < 4.78 is 0. The lowest BCUT2D eigenvalue weighted by Crippen LogP contribution is -2.01. The van der Waals surface area contributed by atoms with Crippen LogP contribution in [-0.4, -0.2) is 0 Å². The summed E-state index contributed by atoms with van der Waals surface area (Å²) in [5, 5.41) is 0. The number of benzene rings is 1. The number of hydrogen-bond acceptors (Lipinski definition) is 1. The van der Waals surface area contributed by atoms with Gasteiger partial charge in [0.25, 0.3) is 0 Å². The van der Waals surface area contributed by atoms with Crippen LogP contribution in [0.5, 0.6) is 0 Å². The van der Waals surface area contributed by atoms with E-state index in [1.165, 1.54) is 36.8 Å². The van der Waals surface area contributed by atoms with Crippen molar-refractivity contribution in [2.45, 2.75) is 52.0 Å². The van der Waals surface area contributed by atoms with Gasteiger partial charge in [-0.2, -0.15) is 0 Å². The van der Waals surface area contributed by atoms with E-state index in [1.807, 2.05) is 0 Å². The van der Waals surface area contributed by atoms with Crippen LogP contribution in [0.4, 0.5) is 0 Å².